The molecular formula is C31H40ClN7O5S. The number of nitro groups is 1. The lowest BCUT2D eigenvalue weighted by molar-refractivity contribution is -0.383. The smallest absolute Gasteiger partial charge is 0.292 e. The average Bonchev–Trinajstić information content (AvgIpc) is 3.46. The molecule has 2 fully saturated rings. The third kappa shape index (κ3) is 9.66. The number of nitro benzene ring substituents is 1. The first-order valence-corrected chi connectivity index (χ1v) is 16.5. The van der Waals surface area contributed by atoms with Crippen molar-refractivity contribution >= 4 is 45.4 Å². The molecule has 1 amide bonds. The van der Waals surface area contributed by atoms with Crippen LogP contribution in [0.15, 0.2) is 42.5 Å². The van der Waals surface area contributed by atoms with Crippen LogP contribution in [0.2, 0.25) is 5.02 Å². The number of benzene rings is 2. The SMILES string of the molecule is NC(=O)c1sc(Nc2cc(CN(CCCN3CCOCC3)CCCN3CCOCC3)ccc2[N+](=O)[O-])nc1-c1cccc(Cl)c1. The van der Waals surface area contributed by atoms with E-state index in [1.807, 2.05) is 6.07 Å². The first-order valence-electron chi connectivity index (χ1n) is 15.3. The van der Waals surface area contributed by atoms with E-state index in [0.29, 0.717) is 33.6 Å². The molecule has 3 heterocycles. The van der Waals surface area contributed by atoms with Gasteiger partial charge < -0.3 is 20.5 Å². The number of nitrogens with two attached hydrogens (primary N) is 1. The summed E-state index contributed by atoms with van der Waals surface area (Å²) in [5, 5.41) is 15.9. The quantitative estimate of drug-likeness (QED) is 0.178. The van der Waals surface area contributed by atoms with Gasteiger partial charge in [-0.05, 0) is 62.8 Å². The second kappa shape index (κ2) is 16.4. The van der Waals surface area contributed by atoms with Gasteiger partial charge in [0, 0.05) is 49.4 Å². The maximum absolute atomic E-state index is 12.3. The predicted molar refractivity (Wildman–Crippen MR) is 176 cm³/mol. The van der Waals surface area contributed by atoms with Gasteiger partial charge in [-0.2, -0.15) is 0 Å². The number of morpholine rings is 2. The summed E-state index contributed by atoms with van der Waals surface area (Å²) in [7, 11) is 0. The molecule has 1 aromatic heterocycles. The minimum atomic E-state index is -0.636. The molecule has 3 aromatic rings. The number of amides is 1. The predicted octanol–water partition coefficient (Wildman–Crippen LogP) is 4.46. The zero-order chi connectivity index (χ0) is 31.6. The minimum absolute atomic E-state index is 0.0786. The van der Waals surface area contributed by atoms with Crippen molar-refractivity contribution in [2.45, 2.75) is 19.4 Å². The van der Waals surface area contributed by atoms with Crippen molar-refractivity contribution in [2.24, 2.45) is 5.73 Å². The summed E-state index contributed by atoms with van der Waals surface area (Å²) in [6.45, 7) is 11.5. The molecule has 0 atom stereocenters. The summed E-state index contributed by atoms with van der Waals surface area (Å²) in [6, 6.07) is 12.1. The summed E-state index contributed by atoms with van der Waals surface area (Å²) >= 11 is 7.22. The maximum Gasteiger partial charge on any atom is 0.292 e. The first-order chi connectivity index (χ1) is 21.9. The lowest BCUT2D eigenvalue weighted by atomic mass is 10.1. The minimum Gasteiger partial charge on any atom is -0.379 e. The largest absolute Gasteiger partial charge is 0.379 e. The van der Waals surface area contributed by atoms with Gasteiger partial charge in [-0.3, -0.25) is 29.6 Å². The molecule has 5 rings (SSSR count). The van der Waals surface area contributed by atoms with Crippen molar-refractivity contribution in [3.63, 3.8) is 0 Å². The van der Waals surface area contributed by atoms with Gasteiger partial charge in [-0.1, -0.05) is 41.1 Å². The third-order valence-corrected chi connectivity index (χ3v) is 9.18. The fourth-order valence-electron chi connectivity index (χ4n) is 5.64. The number of anilines is 2. The Balaban J connectivity index is 1.32. The normalized spacial score (nSPS) is 16.2. The molecule has 0 saturated carbocycles. The van der Waals surface area contributed by atoms with Crippen molar-refractivity contribution in [1.82, 2.24) is 19.7 Å². The fourth-order valence-corrected chi connectivity index (χ4v) is 6.68. The number of ether oxygens (including phenoxy) is 2. The van der Waals surface area contributed by atoms with Crippen molar-refractivity contribution < 1.29 is 19.2 Å². The van der Waals surface area contributed by atoms with Gasteiger partial charge in [-0.25, -0.2) is 4.98 Å². The molecule has 0 bridgehead atoms. The van der Waals surface area contributed by atoms with E-state index in [9.17, 15) is 14.9 Å². The third-order valence-electron chi connectivity index (χ3n) is 7.96. The summed E-state index contributed by atoms with van der Waals surface area (Å²) in [5.41, 5.74) is 7.85. The standard InChI is InChI=1S/C31H40ClN7O5S/c32-25-5-1-4-24(21-25)28-29(30(33)40)45-31(35-28)34-26-20-23(6-7-27(26)39(41)42)22-38(10-2-8-36-12-16-43-17-13-36)11-3-9-37-14-18-44-19-15-37/h1,4-7,20-21H,2-3,8-19,22H2,(H2,33,40)(H,34,35). The molecule has 0 unspecified atom stereocenters. The number of hydrogen-bond acceptors (Lipinski definition) is 11. The van der Waals surface area contributed by atoms with Crippen molar-refractivity contribution in [2.75, 3.05) is 84.1 Å². The number of primary amides is 1. The Labute approximate surface area is 272 Å². The van der Waals surface area contributed by atoms with Gasteiger partial charge in [-0.15, -0.1) is 0 Å². The summed E-state index contributed by atoms with van der Waals surface area (Å²) < 4.78 is 11.0. The number of aromatic nitrogens is 1. The number of nitrogens with one attached hydrogen (secondary N) is 1. The van der Waals surface area contributed by atoms with Gasteiger partial charge in [0.25, 0.3) is 11.6 Å². The highest BCUT2D eigenvalue weighted by atomic mass is 35.5. The van der Waals surface area contributed by atoms with Crippen LogP contribution in [-0.4, -0.2) is 109 Å². The van der Waals surface area contributed by atoms with Gasteiger partial charge in [0.1, 0.15) is 10.6 Å². The van der Waals surface area contributed by atoms with Crippen molar-refractivity contribution in [1.29, 1.82) is 0 Å². The zero-order valence-corrected chi connectivity index (χ0v) is 26.9. The Kier molecular flexibility index (Phi) is 12.1. The van der Waals surface area contributed by atoms with Gasteiger partial charge in [0.2, 0.25) is 0 Å². The molecule has 12 nitrogen and oxygen atoms in total. The number of thiazole rings is 1. The van der Waals surface area contributed by atoms with Crippen LogP contribution < -0.4 is 11.1 Å². The van der Waals surface area contributed by atoms with E-state index in [1.54, 1.807) is 30.3 Å². The number of rotatable bonds is 15. The van der Waals surface area contributed by atoms with E-state index < -0.39 is 10.8 Å². The Hall–Kier alpha value is -3.17. The van der Waals surface area contributed by atoms with Crippen LogP contribution in [0.1, 0.15) is 28.1 Å². The summed E-state index contributed by atoms with van der Waals surface area (Å²) in [6.07, 6.45) is 2.05. The van der Waals surface area contributed by atoms with E-state index in [2.05, 4.69) is 25.0 Å². The number of carbonyl (C=O) groups is 1. The van der Waals surface area contributed by atoms with Gasteiger partial charge >= 0.3 is 0 Å². The molecular weight excluding hydrogens is 618 g/mol. The summed E-state index contributed by atoms with van der Waals surface area (Å²) in [4.78, 5) is 36.0. The van der Waals surface area contributed by atoms with Crippen LogP contribution in [-0.2, 0) is 16.0 Å². The number of hydrogen-bond donors (Lipinski definition) is 2. The molecule has 2 aliphatic heterocycles. The highest BCUT2D eigenvalue weighted by molar-refractivity contribution is 7.18. The molecule has 14 heteroatoms. The van der Waals surface area contributed by atoms with Gasteiger partial charge in [0.05, 0.1) is 37.0 Å². The monoisotopic (exact) mass is 657 g/mol. The molecule has 0 spiro atoms. The van der Waals surface area contributed by atoms with Crippen LogP contribution in [0.3, 0.4) is 0 Å². The maximum atomic E-state index is 12.3. The summed E-state index contributed by atoms with van der Waals surface area (Å²) in [5.74, 6) is -0.636. The van der Waals surface area contributed by atoms with E-state index in [1.165, 1.54) is 6.07 Å². The van der Waals surface area contributed by atoms with Crippen LogP contribution in [0.5, 0.6) is 0 Å². The molecule has 242 valence electrons. The molecule has 0 radical (unpaired) electrons. The van der Waals surface area contributed by atoms with E-state index in [-0.39, 0.29) is 10.6 Å². The Bertz CT molecular complexity index is 1420. The second-order valence-corrected chi connectivity index (χ2v) is 12.6. The molecule has 0 aliphatic carbocycles. The lowest BCUT2D eigenvalue weighted by Gasteiger charge is -2.30. The Morgan fingerprint density at radius 3 is 2.24 bits per heavy atom. The number of nitrogens with zero attached hydrogens (tertiary/aromatic N) is 5. The van der Waals surface area contributed by atoms with Crippen LogP contribution >= 0.6 is 22.9 Å². The molecule has 2 aromatic carbocycles. The number of carbonyl (C=O) groups excluding carboxylic acids is 1. The van der Waals surface area contributed by atoms with E-state index in [0.717, 1.165) is 109 Å². The Morgan fingerprint density at radius 2 is 1.67 bits per heavy atom. The highest BCUT2D eigenvalue weighted by Gasteiger charge is 2.22. The van der Waals surface area contributed by atoms with Crippen LogP contribution in [0.4, 0.5) is 16.5 Å². The molecule has 2 aliphatic rings. The molecule has 2 saturated heterocycles. The number of halogens is 1. The average molecular weight is 658 g/mol. The molecule has 3 N–H and O–H groups in total. The Morgan fingerprint density at radius 1 is 1.02 bits per heavy atom. The van der Waals surface area contributed by atoms with Crippen LogP contribution in [0, 0.1) is 10.1 Å². The van der Waals surface area contributed by atoms with E-state index >= 15 is 0 Å². The highest BCUT2D eigenvalue weighted by Crippen LogP contribution is 2.36. The fraction of sp³-hybridized carbons (Fsp3) is 0.484. The zero-order valence-electron chi connectivity index (χ0n) is 25.3. The second-order valence-electron chi connectivity index (χ2n) is 11.2. The van der Waals surface area contributed by atoms with Gasteiger partial charge in [0.15, 0.2) is 5.13 Å². The lowest BCUT2D eigenvalue weighted by Crippen LogP contribution is -2.39. The molecule has 45 heavy (non-hydrogen) atoms. The van der Waals surface area contributed by atoms with Crippen molar-refractivity contribution in [3.05, 3.63) is 68.0 Å². The first kappa shape index (κ1) is 33.2. The topological polar surface area (TPSA) is 139 Å². The van der Waals surface area contributed by atoms with Crippen molar-refractivity contribution in [3.8, 4) is 11.3 Å². The van der Waals surface area contributed by atoms with E-state index in [4.69, 9.17) is 26.8 Å². The van der Waals surface area contributed by atoms with Crippen LogP contribution in [0.25, 0.3) is 11.3 Å².